The summed E-state index contributed by atoms with van der Waals surface area (Å²) >= 11 is 5.40. The van der Waals surface area contributed by atoms with Crippen LogP contribution in [0, 0.1) is 12.7 Å². The molecule has 1 fully saturated rings. The van der Waals surface area contributed by atoms with Crippen LogP contribution in [0.5, 0.6) is 0 Å². The molecular formula is C15H21FN2O3S2. The van der Waals surface area contributed by atoms with Crippen LogP contribution in [-0.4, -0.2) is 56.2 Å². The monoisotopic (exact) mass is 360 g/mol. The van der Waals surface area contributed by atoms with E-state index in [1.807, 2.05) is 4.90 Å². The fraction of sp³-hybridized carbons (Fsp3) is 0.533. The number of anilines is 1. The van der Waals surface area contributed by atoms with Gasteiger partial charge in [0.15, 0.2) is 14.9 Å². The van der Waals surface area contributed by atoms with E-state index < -0.39 is 9.84 Å². The molecule has 1 aromatic rings. The third kappa shape index (κ3) is 4.86. The summed E-state index contributed by atoms with van der Waals surface area (Å²) in [5.74, 6) is -0.0614. The molecule has 23 heavy (non-hydrogen) atoms. The standard InChI is InChI=1S/C15H21FN2O3S2/c1-11-3-4-12(9-14(11)16)17-15(22)18(6-7-21-2)13-5-8-23(19,20)10-13/h3-4,9,13H,5-8,10H2,1-2H3,(H,17,22)/t13-/m1/s1. The van der Waals surface area contributed by atoms with Gasteiger partial charge in [0, 0.05) is 25.4 Å². The van der Waals surface area contributed by atoms with Crippen LogP contribution >= 0.6 is 12.2 Å². The van der Waals surface area contributed by atoms with Crippen molar-refractivity contribution in [3.05, 3.63) is 29.6 Å². The molecule has 1 aromatic carbocycles. The fourth-order valence-electron chi connectivity index (χ4n) is 2.53. The largest absolute Gasteiger partial charge is 0.383 e. The normalized spacial score (nSPS) is 19.5. The highest BCUT2D eigenvalue weighted by Crippen LogP contribution is 2.20. The second-order valence-corrected chi connectivity index (χ2v) is 8.25. The molecule has 0 saturated carbocycles. The van der Waals surface area contributed by atoms with Gasteiger partial charge in [-0.25, -0.2) is 12.8 Å². The summed E-state index contributed by atoms with van der Waals surface area (Å²) in [6, 6.07) is 4.61. The van der Waals surface area contributed by atoms with E-state index in [1.54, 1.807) is 26.2 Å². The van der Waals surface area contributed by atoms with E-state index in [2.05, 4.69) is 5.32 Å². The van der Waals surface area contributed by atoms with Crippen LogP contribution in [-0.2, 0) is 14.6 Å². The predicted octanol–water partition coefficient (Wildman–Crippen LogP) is 1.97. The Hall–Kier alpha value is -1.25. The fourth-order valence-corrected chi connectivity index (χ4v) is 4.62. The smallest absolute Gasteiger partial charge is 0.173 e. The number of rotatable bonds is 5. The number of hydrogen-bond donors (Lipinski definition) is 1. The summed E-state index contributed by atoms with van der Waals surface area (Å²) in [5, 5.41) is 3.37. The van der Waals surface area contributed by atoms with E-state index in [-0.39, 0.29) is 23.4 Å². The van der Waals surface area contributed by atoms with Gasteiger partial charge in [0.25, 0.3) is 0 Å². The molecule has 1 N–H and O–H groups in total. The van der Waals surface area contributed by atoms with E-state index in [9.17, 15) is 12.8 Å². The van der Waals surface area contributed by atoms with Crippen molar-refractivity contribution in [3.8, 4) is 0 Å². The Kier molecular flexibility index (Phi) is 5.94. The van der Waals surface area contributed by atoms with Crippen LogP contribution in [0.25, 0.3) is 0 Å². The first-order chi connectivity index (χ1) is 10.8. The quantitative estimate of drug-likeness (QED) is 0.810. The van der Waals surface area contributed by atoms with Gasteiger partial charge in [-0.1, -0.05) is 6.07 Å². The molecule has 0 spiro atoms. The lowest BCUT2D eigenvalue weighted by Crippen LogP contribution is -2.45. The Labute approximate surface area is 141 Å². The van der Waals surface area contributed by atoms with Crippen molar-refractivity contribution in [2.75, 3.05) is 37.1 Å². The van der Waals surface area contributed by atoms with Crippen LogP contribution in [0.3, 0.4) is 0 Å². The molecule has 0 aromatic heterocycles. The Balaban J connectivity index is 2.11. The molecule has 0 aliphatic carbocycles. The lowest BCUT2D eigenvalue weighted by Gasteiger charge is -2.30. The Morgan fingerprint density at radius 3 is 2.83 bits per heavy atom. The van der Waals surface area contributed by atoms with Crippen molar-refractivity contribution in [2.45, 2.75) is 19.4 Å². The molecule has 5 nitrogen and oxygen atoms in total. The number of nitrogens with one attached hydrogen (secondary N) is 1. The molecule has 0 radical (unpaired) electrons. The summed E-state index contributed by atoms with van der Waals surface area (Å²) < 4.78 is 42.1. The maximum Gasteiger partial charge on any atom is 0.173 e. The molecule has 0 amide bonds. The minimum atomic E-state index is -3.01. The van der Waals surface area contributed by atoms with Gasteiger partial charge in [-0.2, -0.15) is 0 Å². The highest BCUT2D eigenvalue weighted by molar-refractivity contribution is 7.91. The number of methoxy groups -OCH3 is 1. The van der Waals surface area contributed by atoms with Crippen LogP contribution in [0.15, 0.2) is 18.2 Å². The SMILES string of the molecule is COCCN(C(=S)Nc1ccc(C)c(F)c1)[C@@H]1CCS(=O)(=O)C1. The first kappa shape index (κ1) is 18.1. The summed E-state index contributed by atoms with van der Waals surface area (Å²) in [6.07, 6.45) is 0.538. The van der Waals surface area contributed by atoms with Gasteiger partial charge < -0.3 is 15.0 Å². The highest BCUT2D eigenvalue weighted by Gasteiger charge is 2.33. The maximum atomic E-state index is 13.6. The number of nitrogens with zero attached hydrogens (tertiary/aromatic N) is 1. The van der Waals surface area contributed by atoms with Gasteiger partial charge in [-0.3, -0.25) is 0 Å². The zero-order valence-electron chi connectivity index (χ0n) is 13.2. The van der Waals surface area contributed by atoms with Crippen molar-refractivity contribution in [1.82, 2.24) is 4.90 Å². The average Bonchev–Trinajstić information content (AvgIpc) is 2.83. The van der Waals surface area contributed by atoms with Crippen molar-refractivity contribution in [3.63, 3.8) is 0 Å². The van der Waals surface area contributed by atoms with Gasteiger partial charge in [-0.05, 0) is 43.3 Å². The average molecular weight is 360 g/mol. The molecule has 0 bridgehead atoms. The van der Waals surface area contributed by atoms with Crippen molar-refractivity contribution < 1.29 is 17.5 Å². The second kappa shape index (κ2) is 7.55. The number of sulfone groups is 1. The Bertz CT molecular complexity index is 679. The molecule has 1 aliphatic rings. The minimum absolute atomic E-state index is 0.0841. The summed E-state index contributed by atoms with van der Waals surface area (Å²) in [6.45, 7) is 2.60. The highest BCUT2D eigenvalue weighted by atomic mass is 32.2. The van der Waals surface area contributed by atoms with Gasteiger partial charge >= 0.3 is 0 Å². The van der Waals surface area contributed by atoms with Crippen molar-refractivity contribution in [1.29, 1.82) is 0 Å². The molecule has 128 valence electrons. The number of ether oxygens (including phenoxy) is 1. The van der Waals surface area contributed by atoms with E-state index in [4.69, 9.17) is 17.0 Å². The van der Waals surface area contributed by atoms with Gasteiger partial charge in [0.2, 0.25) is 0 Å². The lowest BCUT2D eigenvalue weighted by atomic mass is 10.2. The van der Waals surface area contributed by atoms with E-state index >= 15 is 0 Å². The third-order valence-electron chi connectivity index (χ3n) is 3.87. The number of thiocarbonyl (C=S) groups is 1. The van der Waals surface area contributed by atoms with Gasteiger partial charge in [0.05, 0.1) is 18.1 Å². The Morgan fingerprint density at radius 2 is 2.26 bits per heavy atom. The van der Waals surface area contributed by atoms with Crippen molar-refractivity contribution >= 4 is 32.9 Å². The predicted molar refractivity (Wildman–Crippen MR) is 93.0 cm³/mol. The van der Waals surface area contributed by atoms with Crippen LogP contribution in [0.1, 0.15) is 12.0 Å². The van der Waals surface area contributed by atoms with Crippen LogP contribution in [0.4, 0.5) is 10.1 Å². The lowest BCUT2D eigenvalue weighted by molar-refractivity contribution is 0.166. The van der Waals surface area contributed by atoms with E-state index in [1.165, 1.54) is 6.07 Å². The van der Waals surface area contributed by atoms with Crippen LogP contribution < -0.4 is 5.32 Å². The number of halogens is 1. The first-order valence-corrected chi connectivity index (χ1v) is 9.58. The first-order valence-electron chi connectivity index (χ1n) is 7.35. The minimum Gasteiger partial charge on any atom is -0.383 e. The molecule has 0 unspecified atom stereocenters. The van der Waals surface area contributed by atoms with Crippen LogP contribution in [0.2, 0.25) is 0 Å². The summed E-state index contributed by atoms with van der Waals surface area (Å²) in [5.41, 5.74) is 1.10. The van der Waals surface area contributed by atoms with Crippen molar-refractivity contribution in [2.24, 2.45) is 0 Å². The zero-order valence-corrected chi connectivity index (χ0v) is 14.8. The maximum absolute atomic E-state index is 13.6. The molecule has 1 aliphatic heterocycles. The van der Waals surface area contributed by atoms with E-state index in [0.717, 1.165) is 0 Å². The molecule has 1 atom stereocenters. The number of hydrogen-bond acceptors (Lipinski definition) is 4. The molecule has 2 rings (SSSR count). The molecule has 1 saturated heterocycles. The van der Waals surface area contributed by atoms with Gasteiger partial charge in [0.1, 0.15) is 5.82 Å². The Morgan fingerprint density at radius 1 is 1.52 bits per heavy atom. The van der Waals surface area contributed by atoms with E-state index in [0.29, 0.717) is 35.9 Å². The molecular weight excluding hydrogens is 339 g/mol. The summed E-state index contributed by atoms with van der Waals surface area (Å²) in [7, 11) is -1.44. The topological polar surface area (TPSA) is 58.6 Å². The number of aryl methyl sites for hydroxylation is 1. The second-order valence-electron chi connectivity index (χ2n) is 5.64. The molecule has 1 heterocycles. The zero-order chi connectivity index (χ0) is 17.0. The summed E-state index contributed by atoms with van der Waals surface area (Å²) in [4.78, 5) is 1.82. The van der Waals surface area contributed by atoms with Gasteiger partial charge in [-0.15, -0.1) is 0 Å². The molecule has 8 heteroatoms. The number of benzene rings is 1. The third-order valence-corrected chi connectivity index (χ3v) is 5.96.